The Kier molecular flexibility index (Phi) is 3.51. The lowest BCUT2D eigenvalue weighted by atomic mass is 9.87. The number of hydrogen-bond donors (Lipinski definition) is 0. The van der Waals surface area contributed by atoms with Crippen LogP contribution in [0.1, 0.15) is 44.1 Å². The maximum absolute atomic E-state index is 2.63. The SMILES string of the molecule is CN(C1CC1)C1CCCCC1=Cc1ccccc1. The molecule has 0 aliphatic heterocycles. The van der Waals surface area contributed by atoms with Gasteiger partial charge in [0.25, 0.3) is 0 Å². The Morgan fingerprint density at radius 3 is 2.56 bits per heavy atom. The van der Waals surface area contributed by atoms with E-state index in [1.165, 1.54) is 44.1 Å². The lowest BCUT2D eigenvalue weighted by Crippen LogP contribution is -2.36. The molecule has 1 nitrogen and oxygen atoms in total. The zero-order valence-electron chi connectivity index (χ0n) is 11.3. The van der Waals surface area contributed by atoms with Gasteiger partial charge in [0.05, 0.1) is 0 Å². The Morgan fingerprint density at radius 1 is 1.06 bits per heavy atom. The summed E-state index contributed by atoms with van der Waals surface area (Å²) in [5, 5.41) is 0. The van der Waals surface area contributed by atoms with Crippen molar-refractivity contribution in [2.45, 2.75) is 50.6 Å². The highest BCUT2D eigenvalue weighted by molar-refractivity contribution is 5.54. The van der Waals surface area contributed by atoms with Gasteiger partial charge in [-0.2, -0.15) is 0 Å². The monoisotopic (exact) mass is 241 g/mol. The molecule has 1 heteroatoms. The fraction of sp³-hybridized carbons (Fsp3) is 0.529. The first-order chi connectivity index (χ1) is 8.84. The van der Waals surface area contributed by atoms with E-state index in [-0.39, 0.29) is 0 Å². The van der Waals surface area contributed by atoms with E-state index in [2.05, 4.69) is 48.4 Å². The van der Waals surface area contributed by atoms with Crippen molar-refractivity contribution < 1.29 is 0 Å². The fourth-order valence-corrected chi connectivity index (χ4v) is 3.15. The third-order valence-electron chi connectivity index (χ3n) is 4.39. The van der Waals surface area contributed by atoms with Gasteiger partial charge in [0, 0.05) is 12.1 Å². The smallest absolute Gasteiger partial charge is 0.0310 e. The molecule has 2 aliphatic carbocycles. The zero-order valence-corrected chi connectivity index (χ0v) is 11.3. The minimum atomic E-state index is 0.700. The molecule has 3 rings (SSSR count). The van der Waals surface area contributed by atoms with Crippen molar-refractivity contribution >= 4 is 6.08 Å². The summed E-state index contributed by atoms with van der Waals surface area (Å²) in [6.07, 6.45) is 10.7. The topological polar surface area (TPSA) is 3.24 Å². The molecule has 2 fully saturated rings. The maximum Gasteiger partial charge on any atom is 0.0310 e. The molecule has 0 spiro atoms. The number of likely N-dealkylation sites (N-methyl/N-ethyl adjacent to an activating group) is 1. The molecule has 0 bridgehead atoms. The Balaban J connectivity index is 1.80. The largest absolute Gasteiger partial charge is 0.297 e. The summed E-state index contributed by atoms with van der Waals surface area (Å²) in [6, 6.07) is 12.4. The van der Waals surface area contributed by atoms with Crippen molar-refractivity contribution in [1.29, 1.82) is 0 Å². The lowest BCUT2D eigenvalue weighted by Gasteiger charge is -2.34. The number of benzene rings is 1. The molecule has 0 heterocycles. The van der Waals surface area contributed by atoms with Crippen LogP contribution in [0.3, 0.4) is 0 Å². The standard InChI is InChI=1S/C17H23N/c1-18(16-11-12-16)17-10-6-5-9-15(17)13-14-7-3-2-4-8-14/h2-4,7-8,13,16-17H,5-6,9-12H2,1H3. The first-order valence-corrected chi connectivity index (χ1v) is 7.32. The molecule has 0 saturated heterocycles. The van der Waals surface area contributed by atoms with Crippen LogP contribution in [0.15, 0.2) is 35.9 Å². The van der Waals surface area contributed by atoms with Crippen LogP contribution in [-0.4, -0.2) is 24.0 Å². The van der Waals surface area contributed by atoms with E-state index in [9.17, 15) is 0 Å². The van der Waals surface area contributed by atoms with Crippen molar-refractivity contribution in [3.8, 4) is 0 Å². The molecule has 0 aromatic heterocycles. The Bertz CT molecular complexity index is 416. The van der Waals surface area contributed by atoms with Gasteiger partial charge >= 0.3 is 0 Å². The zero-order chi connectivity index (χ0) is 12.4. The van der Waals surface area contributed by atoms with Crippen molar-refractivity contribution in [1.82, 2.24) is 4.90 Å². The number of hydrogen-bond acceptors (Lipinski definition) is 1. The van der Waals surface area contributed by atoms with Crippen LogP contribution < -0.4 is 0 Å². The van der Waals surface area contributed by atoms with E-state index in [0.717, 1.165) is 6.04 Å². The molecule has 0 amide bonds. The summed E-state index contributed by atoms with van der Waals surface area (Å²) in [6.45, 7) is 0. The molecule has 0 N–H and O–H groups in total. The van der Waals surface area contributed by atoms with E-state index in [4.69, 9.17) is 0 Å². The molecule has 1 aromatic rings. The summed E-state index contributed by atoms with van der Waals surface area (Å²) < 4.78 is 0. The van der Waals surface area contributed by atoms with Gasteiger partial charge in [0.2, 0.25) is 0 Å². The first-order valence-electron chi connectivity index (χ1n) is 7.32. The Morgan fingerprint density at radius 2 is 1.83 bits per heavy atom. The summed E-state index contributed by atoms with van der Waals surface area (Å²) in [4.78, 5) is 2.63. The van der Waals surface area contributed by atoms with Gasteiger partial charge in [-0.3, -0.25) is 4.90 Å². The summed E-state index contributed by atoms with van der Waals surface area (Å²) in [7, 11) is 2.33. The molecule has 1 aromatic carbocycles. The predicted octanol–water partition coefficient (Wildman–Crippen LogP) is 4.11. The molecular weight excluding hydrogens is 218 g/mol. The van der Waals surface area contributed by atoms with Gasteiger partial charge in [-0.25, -0.2) is 0 Å². The Hall–Kier alpha value is -1.08. The van der Waals surface area contributed by atoms with Crippen LogP contribution in [0.2, 0.25) is 0 Å². The van der Waals surface area contributed by atoms with Gasteiger partial charge in [-0.15, -0.1) is 0 Å². The van der Waals surface area contributed by atoms with Crippen LogP contribution in [0.5, 0.6) is 0 Å². The van der Waals surface area contributed by atoms with E-state index >= 15 is 0 Å². The van der Waals surface area contributed by atoms with Gasteiger partial charge in [0.1, 0.15) is 0 Å². The molecule has 18 heavy (non-hydrogen) atoms. The average Bonchev–Trinajstić information content (AvgIpc) is 3.24. The van der Waals surface area contributed by atoms with Crippen LogP contribution in [-0.2, 0) is 0 Å². The highest BCUT2D eigenvalue weighted by Crippen LogP contribution is 2.35. The summed E-state index contributed by atoms with van der Waals surface area (Å²) in [5.74, 6) is 0. The van der Waals surface area contributed by atoms with Crippen molar-refractivity contribution in [2.24, 2.45) is 0 Å². The lowest BCUT2D eigenvalue weighted by molar-refractivity contribution is 0.229. The van der Waals surface area contributed by atoms with Crippen LogP contribution in [0, 0.1) is 0 Å². The molecule has 2 saturated carbocycles. The third-order valence-corrected chi connectivity index (χ3v) is 4.39. The first kappa shape index (κ1) is 12.0. The number of rotatable bonds is 3. The summed E-state index contributed by atoms with van der Waals surface area (Å²) >= 11 is 0. The van der Waals surface area contributed by atoms with E-state index in [1.54, 1.807) is 5.57 Å². The molecule has 2 aliphatic rings. The van der Waals surface area contributed by atoms with Crippen LogP contribution in [0.25, 0.3) is 6.08 Å². The summed E-state index contributed by atoms with van der Waals surface area (Å²) in [5.41, 5.74) is 3.02. The highest BCUT2D eigenvalue weighted by Gasteiger charge is 2.33. The van der Waals surface area contributed by atoms with Gasteiger partial charge in [-0.05, 0) is 44.7 Å². The minimum absolute atomic E-state index is 0.700. The predicted molar refractivity (Wildman–Crippen MR) is 77.5 cm³/mol. The van der Waals surface area contributed by atoms with E-state index < -0.39 is 0 Å². The van der Waals surface area contributed by atoms with Gasteiger partial charge < -0.3 is 0 Å². The molecule has 1 unspecified atom stereocenters. The maximum atomic E-state index is 2.63. The Labute approximate surface area is 111 Å². The minimum Gasteiger partial charge on any atom is -0.297 e. The van der Waals surface area contributed by atoms with Crippen molar-refractivity contribution in [2.75, 3.05) is 7.05 Å². The third kappa shape index (κ3) is 2.67. The molecule has 0 radical (unpaired) electrons. The van der Waals surface area contributed by atoms with E-state index in [1.807, 2.05) is 0 Å². The average molecular weight is 241 g/mol. The van der Waals surface area contributed by atoms with Crippen LogP contribution in [0.4, 0.5) is 0 Å². The number of nitrogens with zero attached hydrogens (tertiary/aromatic N) is 1. The van der Waals surface area contributed by atoms with Crippen molar-refractivity contribution in [3.63, 3.8) is 0 Å². The van der Waals surface area contributed by atoms with Crippen LogP contribution >= 0.6 is 0 Å². The van der Waals surface area contributed by atoms with Crippen molar-refractivity contribution in [3.05, 3.63) is 41.5 Å². The highest BCUT2D eigenvalue weighted by atomic mass is 15.2. The second kappa shape index (κ2) is 5.27. The molecule has 96 valence electrons. The normalized spacial score (nSPS) is 26.8. The van der Waals surface area contributed by atoms with E-state index in [0.29, 0.717) is 6.04 Å². The molecular formula is C17H23N. The quantitative estimate of drug-likeness (QED) is 0.770. The second-order valence-electron chi connectivity index (χ2n) is 5.79. The second-order valence-corrected chi connectivity index (χ2v) is 5.79. The van der Waals surface area contributed by atoms with Gasteiger partial charge in [-0.1, -0.05) is 48.4 Å². The fourth-order valence-electron chi connectivity index (χ4n) is 3.15. The van der Waals surface area contributed by atoms with Gasteiger partial charge in [0.15, 0.2) is 0 Å². The molecule has 1 atom stereocenters.